The van der Waals surface area contributed by atoms with E-state index in [1.165, 1.54) is 11.8 Å². The molecule has 0 aliphatic carbocycles. The molecule has 0 aromatic carbocycles. The number of rotatable bonds is 4. The highest BCUT2D eigenvalue weighted by molar-refractivity contribution is 8.00. The molecule has 1 aliphatic rings. The predicted octanol–water partition coefficient (Wildman–Crippen LogP) is -1.10. The van der Waals surface area contributed by atoms with Crippen molar-refractivity contribution in [3.05, 3.63) is 0 Å². The van der Waals surface area contributed by atoms with E-state index in [1.807, 2.05) is 19.0 Å². The lowest BCUT2D eigenvalue weighted by molar-refractivity contribution is -0.127. The maximum absolute atomic E-state index is 11.6. The van der Waals surface area contributed by atoms with Gasteiger partial charge in [0.15, 0.2) is 0 Å². The highest BCUT2D eigenvalue weighted by Crippen LogP contribution is 2.08. The summed E-state index contributed by atoms with van der Waals surface area (Å²) in [6, 6.07) is -0.363. The molecule has 5 nitrogen and oxygen atoms in total. The zero-order chi connectivity index (χ0) is 11.3. The molecule has 0 radical (unpaired) electrons. The first-order chi connectivity index (χ1) is 7.09. The number of hydrogen-bond donors (Lipinski definition) is 2. The third-order valence-corrected chi connectivity index (χ3v) is 3.06. The zero-order valence-corrected chi connectivity index (χ0v) is 9.89. The SMILES string of the molecule is CN(C)CCNC(=O)C1CSCC(=O)N1. The van der Waals surface area contributed by atoms with E-state index in [4.69, 9.17) is 0 Å². The van der Waals surface area contributed by atoms with Crippen LogP contribution < -0.4 is 10.6 Å². The number of amides is 2. The van der Waals surface area contributed by atoms with Crippen LogP contribution in [0.1, 0.15) is 0 Å². The van der Waals surface area contributed by atoms with E-state index >= 15 is 0 Å². The van der Waals surface area contributed by atoms with Gasteiger partial charge in [-0.1, -0.05) is 0 Å². The Labute approximate surface area is 94.0 Å². The van der Waals surface area contributed by atoms with Crippen molar-refractivity contribution < 1.29 is 9.59 Å². The first-order valence-corrected chi connectivity index (χ1v) is 6.04. The summed E-state index contributed by atoms with van der Waals surface area (Å²) in [5.41, 5.74) is 0. The Balaban J connectivity index is 2.24. The van der Waals surface area contributed by atoms with Gasteiger partial charge in [-0.25, -0.2) is 0 Å². The van der Waals surface area contributed by atoms with Crippen LogP contribution in [0.3, 0.4) is 0 Å². The van der Waals surface area contributed by atoms with Gasteiger partial charge in [-0.2, -0.15) is 0 Å². The van der Waals surface area contributed by atoms with Crippen molar-refractivity contribution >= 4 is 23.6 Å². The van der Waals surface area contributed by atoms with Crippen molar-refractivity contribution in [1.82, 2.24) is 15.5 Å². The van der Waals surface area contributed by atoms with Crippen molar-refractivity contribution in [3.8, 4) is 0 Å². The molecule has 1 heterocycles. The standard InChI is InChI=1S/C9H17N3O2S/c1-12(2)4-3-10-9(14)7-5-15-6-8(13)11-7/h7H,3-6H2,1-2H3,(H,10,14)(H,11,13). The van der Waals surface area contributed by atoms with Gasteiger partial charge >= 0.3 is 0 Å². The van der Waals surface area contributed by atoms with Crippen molar-refractivity contribution in [2.75, 3.05) is 38.7 Å². The van der Waals surface area contributed by atoms with E-state index in [0.717, 1.165) is 6.54 Å². The van der Waals surface area contributed by atoms with E-state index in [0.29, 0.717) is 18.1 Å². The highest BCUT2D eigenvalue weighted by atomic mass is 32.2. The molecule has 0 spiro atoms. The van der Waals surface area contributed by atoms with Crippen LogP contribution in [0, 0.1) is 0 Å². The second kappa shape index (κ2) is 5.97. The van der Waals surface area contributed by atoms with Crippen molar-refractivity contribution in [2.45, 2.75) is 6.04 Å². The normalized spacial score (nSPS) is 21.3. The van der Waals surface area contributed by atoms with Crippen LogP contribution in [0.25, 0.3) is 0 Å². The van der Waals surface area contributed by atoms with Gasteiger partial charge in [0.2, 0.25) is 11.8 Å². The summed E-state index contributed by atoms with van der Waals surface area (Å²) in [7, 11) is 3.90. The summed E-state index contributed by atoms with van der Waals surface area (Å²) in [4.78, 5) is 24.6. The Morgan fingerprint density at radius 2 is 2.40 bits per heavy atom. The van der Waals surface area contributed by atoms with Crippen LogP contribution in [-0.2, 0) is 9.59 Å². The fourth-order valence-corrected chi connectivity index (χ4v) is 2.07. The van der Waals surface area contributed by atoms with E-state index in [2.05, 4.69) is 10.6 Å². The molecular weight excluding hydrogens is 214 g/mol. The largest absolute Gasteiger partial charge is 0.353 e. The second-order valence-electron chi connectivity index (χ2n) is 3.73. The third kappa shape index (κ3) is 4.53. The van der Waals surface area contributed by atoms with Gasteiger partial charge in [0, 0.05) is 18.8 Å². The maximum Gasteiger partial charge on any atom is 0.243 e. The van der Waals surface area contributed by atoms with E-state index in [-0.39, 0.29) is 17.9 Å². The highest BCUT2D eigenvalue weighted by Gasteiger charge is 2.24. The minimum atomic E-state index is -0.363. The van der Waals surface area contributed by atoms with Crippen molar-refractivity contribution in [3.63, 3.8) is 0 Å². The molecule has 0 bridgehead atoms. The van der Waals surface area contributed by atoms with E-state index in [1.54, 1.807) is 0 Å². The molecule has 0 saturated carbocycles. The average Bonchev–Trinajstić information content (AvgIpc) is 2.17. The predicted molar refractivity (Wildman–Crippen MR) is 60.8 cm³/mol. The molecule has 15 heavy (non-hydrogen) atoms. The molecule has 1 atom stereocenters. The number of carbonyl (C=O) groups is 2. The lowest BCUT2D eigenvalue weighted by Crippen LogP contribution is -2.52. The number of likely N-dealkylation sites (N-methyl/N-ethyl adjacent to an activating group) is 1. The Morgan fingerprint density at radius 3 is 3.00 bits per heavy atom. The monoisotopic (exact) mass is 231 g/mol. The van der Waals surface area contributed by atoms with Gasteiger partial charge < -0.3 is 15.5 Å². The molecule has 0 aromatic heterocycles. The summed E-state index contributed by atoms with van der Waals surface area (Å²) in [6.07, 6.45) is 0. The Bertz CT molecular complexity index is 246. The summed E-state index contributed by atoms with van der Waals surface area (Å²) >= 11 is 1.50. The van der Waals surface area contributed by atoms with Gasteiger partial charge in [0.1, 0.15) is 6.04 Å². The number of nitrogens with one attached hydrogen (secondary N) is 2. The van der Waals surface area contributed by atoms with E-state index < -0.39 is 0 Å². The Kier molecular flexibility index (Phi) is 4.90. The molecule has 2 amide bonds. The minimum absolute atomic E-state index is 0.0565. The first-order valence-electron chi connectivity index (χ1n) is 4.89. The summed E-state index contributed by atoms with van der Waals surface area (Å²) in [5, 5.41) is 5.46. The fourth-order valence-electron chi connectivity index (χ4n) is 1.21. The Hall–Kier alpha value is -0.750. The summed E-state index contributed by atoms with van der Waals surface area (Å²) in [5.74, 6) is 0.984. The number of hydrogen-bond acceptors (Lipinski definition) is 4. The van der Waals surface area contributed by atoms with Crippen LogP contribution in [0.5, 0.6) is 0 Å². The van der Waals surface area contributed by atoms with Crippen LogP contribution >= 0.6 is 11.8 Å². The van der Waals surface area contributed by atoms with Gasteiger partial charge in [0.25, 0.3) is 0 Å². The Morgan fingerprint density at radius 1 is 1.67 bits per heavy atom. The van der Waals surface area contributed by atoms with Crippen molar-refractivity contribution in [2.24, 2.45) is 0 Å². The van der Waals surface area contributed by atoms with Gasteiger partial charge in [0.05, 0.1) is 5.75 Å². The number of carbonyl (C=O) groups excluding carboxylic acids is 2. The minimum Gasteiger partial charge on any atom is -0.353 e. The molecule has 1 unspecified atom stereocenters. The lowest BCUT2D eigenvalue weighted by atomic mass is 10.3. The fraction of sp³-hybridized carbons (Fsp3) is 0.778. The quantitative estimate of drug-likeness (QED) is 0.644. The molecule has 0 aromatic rings. The number of thioether (sulfide) groups is 1. The average molecular weight is 231 g/mol. The first kappa shape index (κ1) is 12.3. The molecule has 6 heteroatoms. The molecule has 1 fully saturated rings. The van der Waals surface area contributed by atoms with Gasteiger partial charge in [-0.3, -0.25) is 9.59 Å². The molecule has 1 rings (SSSR count). The summed E-state index contributed by atoms with van der Waals surface area (Å²) < 4.78 is 0. The van der Waals surface area contributed by atoms with Crippen molar-refractivity contribution in [1.29, 1.82) is 0 Å². The van der Waals surface area contributed by atoms with Gasteiger partial charge in [-0.05, 0) is 14.1 Å². The second-order valence-corrected chi connectivity index (χ2v) is 4.76. The smallest absolute Gasteiger partial charge is 0.243 e. The molecule has 1 aliphatic heterocycles. The van der Waals surface area contributed by atoms with Crippen LogP contribution in [0.2, 0.25) is 0 Å². The zero-order valence-electron chi connectivity index (χ0n) is 9.08. The van der Waals surface area contributed by atoms with Crippen LogP contribution in [0.15, 0.2) is 0 Å². The lowest BCUT2D eigenvalue weighted by Gasteiger charge is -2.22. The van der Waals surface area contributed by atoms with Gasteiger partial charge in [-0.15, -0.1) is 11.8 Å². The van der Waals surface area contributed by atoms with Crippen LogP contribution in [-0.4, -0.2) is 61.4 Å². The molecule has 1 saturated heterocycles. The molecule has 2 N–H and O–H groups in total. The molecular formula is C9H17N3O2S. The topological polar surface area (TPSA) is 61.4 Å². The molecule has 86 valence electrons. The summed E-state index contributed by atoms with van der Waals surface area (Å²) in [6.45, 7) is 1.42. The van der Waals surface area contributed by atoms with Crippen LogP contribution in [0.4, 0.5) is 0 Å². The number of nitrogens with zero attached hydrogens (tertiary/aromatic N) is 1. The van der Waals surface area contributed by atoms with E-state index in [9.17, 15) is 9.59 Å². The third-order valence-electron chi connectivity index (χ3n) is 2.03. The maximum atomic E-state index is 11.6.